The summed E-state index contributed by atoms with van der Waals surface area (Å²) in [4.78, 5) is 18.2. The lowest BCUT2D eigenvalue weighted by atomic mass is 9.87. The molecule has 2 aromatic carbocycles. The zero-order valence-electron chi connectivity index (χ0n) is 21.6. The number of benzene rings is 2. The fourth-order valence-corrected chi connectivity index (χ4v) is 4.60. The topological polar surface area (TPSA) is 69.2 Å². The Morgan fingerprint density at radius 3 is 1.74 bits per heavy atom. The Labute approximate surface area is 223 Å². The molecule has 1 fully saturated rings. The number of nitrogens with one attached hydrogen (secondary N) is 2. The van der Waals surface area contributed by atoms with Gasteiger partial charge in [0.05, 0.1) is 0 Å². The third-order valence-electron chi connectivity index (χ3n) is 6.60. The molecule has 0 saturated carbocycles. The Morgan fingerprint density at radius 1 is 0.763 bits per heavy atom. The molecule has 0 spiro atoms. The monoisotopic (exact) mass is 519 g/mol. The Balaban J connectivity index is 1.34. The molecule has 3 aromatic rings. The van der Waals surface area contributed by atoms with Crippen molar-refractivity contribution in [2.75, 3.05) is 61.3 Å². The molecule has 0 aliphatic carbocycles. The lowest BCUT2D eigenvalue weighted by molar-refractivity contribution is 0.250. The van der Waals surface area contributed by atoms with E-state index in [-0.39, 0.29) is 17.6 Å². The van der Waals surface area contributed by atoms with Gasteiger partial charge in [-0.05, 0) is 54.8 Å². The molecule has 1 aliphatic heterocycles. The average Bonchev–Trinajstić information content (AvgIpc) is 2.94. The fraction of sp³-hybridized carbons (Fsp3) is 0.345. The molecule has 1 saturated heterocycles. The Morgan fingerprint density at radius 2 is 1.26 bits per heavy atom. The smallest absolute Gasteiger partial charge is 0.232 e. The summed E-state index contributed by atoms with van der Waals surface area (Å²) in [7, 11) is 0. The van der Waals surface area contributed by atoms with E-state index in [4.69, 9.17) is 0 Å². The zero-order chi connectivity index (χ0) is 26.7. The van der Waals surface area contributed by atoms with Crippen LogP contribution in [-0.2, 0) is 0 Å². The van der Waals surface area contributed by atoms with Crippen molar-refractivity contribution in [2.24, 2.45) is 0 Å². The van der Waals surface area contributed by atoms with Crippen LogP contribution < -0.4 is 15.5 Å². The minimum atomic E-state index is -0.255. The summed E-state index contributed by atoms with van der Waals surface area (Å²) in [6, 6.07) is 13.3. The van der Waals surface area contributed by atoms with Crippen molar-refractivity contribution in [1.29, 1.82) is 0 Å². The van der Waals surface area contributed by atoms with Crippen LogP contribution in [0.1, 0.15) is 29.9 Å². The highest BCUT2D eigenvalue weighted by Gasteiger charge is 2.21. The number of halogens is 2. The first-order chi connectivity index (χ1) is 18.6. The van der Waals surface area contributed by atoms with Gasteiger partial charge in [0.15, 0.2) is 0 Å². The molecule has 0 radical (unpaired) electrons. The van der Waals surface area contributed by atoms with E-state index in [2.05, 4.69) is 48.5 Å². The number of piperazine rings is 1. The SMILES string of the molecule is C=CCNc1nc(NCC=C)nc(N2CCN(CCCC(c3ccc(F)cc3)c3ccc(F)cc3)CC2)n1. The van der Waals surface area contributed by atoms with Crippen molar-refractivity contribution in [1.82, 2.24) is 19.9 Å². The van der Waals surface area contributed by atoms with E-state index in [0.717, 1.165) is 56.7 Å². The highest BCUT2D eigenvalue weighted by molar-refractivity contribution is 5.44. The molecule has 0 unspecified atom stereocenters. The molecule has 9 heteroatoms. The van der Waals surface area contributed by atoms with Gasteiger partial charge in [0.2, 0.25) is 17.8 Å². The summed E-state index contributed by atoms with van der Waals surface area (Å²) in [6.07, 6.45) is 5.38. The molecule has 200 valence electrons. The van der Waals surface area contributed by atoms with Gasteiger partial charge in [-0.15, -0.1) is 13.2 Å². The van der Waals surface area contributed by atoms with Crippen molar-refractivity contribution in [3.05, 3.63) is 96.6 Å². The molecule has 0 atom stereocenters. The van der Waals surface area contributed by atoms with Crippen LogP contribution in [0.25, 0.3) is 0 Å². The Kier molecular flexibility index (Phi) is 9.75. The maximum atomic E-state index is 13.5. The largest absolute Gasteiger partial charge is 0.351 e. The van der Waals surface area contributed by atoms with Crippen LogP contribution in [0.2, 0.25) is 0 Å². The summed E-state index contributed by atoms with van der Waals surface area (Å²) >= 11 is 0. The quantitative estimate of drug-likeness (QED) is 0.305. The second-order valence-corrected chi connectivity index (χ2v) is 9.25. The number of hydrogen-bond donors (Lipinski definition) is 2. The van der Waals surface area contributed by atoms with Crippen molar-refractivity contribution in [3.8, 4) is 0 Å². The van der Waals surface area contributed by atoms with Crippen LogP contribution >= 0.6 is 0 Å². The summed E-state index contributed by atoms with van der Waals surface area (Å²) < 4.78 is 27.0. The predicted molar refractivity (Wildman–Crippen MR) is 150 cm³/mol. The van der Waals surface area contributed by atoms with Gasteiger partial charge in [0, 0.05) is 45.2 Å². The normalized spacial score (nSPS) is 13.9. The maximum Gasteiger partial charge on any atom is 0.232 e. The minimum Gasteiger partial charge on any atom is -0.351 e. The van der Waals surface area contributed by atoms with Gasteiger partial charge in [0.1, 0.15) is 11.6 Å². The van der Waals surface area contributed by atoms with E-state index in [1.54, 1.807) is 12.2 Å². The van der Waals surface area contributed by atoms with Crippen molar-refractivity contribution >= 4 is 17.8 Å². The molecule has 0 amide bonds. The first kappa shape index (κ1) is 27.2. The first-order valence-corrected chi connectivity index (χ1v) is 13.0. The molecular weight excluding hydrogens is 484 g/mol. The molecule has 38 heavy (non-hydrogen) atoms. The van der Waals surface area contributed by atoms with Gasteiger partial charge in [-0.25, -0.2) is 8.78 Å². The van der Waals surface area contributed by atoms with E-state index < -0.39 is 0 Å². The number of anilines is 3. The number of hydrogen-bond acceptors (Lipinski definition) is 7. The number of aromatic nitrogens is 3. The summed E-state index contributed by atoms with van der Waals surface area (Å²) in [6.45, 7) is 13.0. The second kappa shape index (κ2) is 13.6. The van der Waals surface area contributed by atoms with E-state index >= 15 is 0 Å². The minimum absolute atomic E-state index is 0.0886. The van der Waals surface area contributed by atoms with Crippen molar-refractivity contribution in [2.45, 2.75) is 18.8 Å². The molecule has 1 aliphatic rings. The number of rotatable bonds is 13. The highest BCUT2D eigenvalue weighted by atomic mass is 19.1. The van der Waals surface area contributed by atoms with Crippen LogP contribution in [0.15, 0.2) is 73.8 Å². The van der Waals surface area contributed by atoms with Crippen LogP contribution in [0, 0.1) is 11.6 Å². The van der Waals surface area contributed by atoms with Gasteiger partial charge in [-0.2, -0.15) is 15.0 Å². The first-order valence-electron chi connectivity index (χ1n) is 13.0. The van der Waals surface area contributed by atoms with E-state index in [0.29, 0.717) is 30.9 Å². The van der Waals surface area contributed by atoms with E-state index in [1.807, 2.05) is 24.3 Å². The molecule has 2 N–H and O–H groups in total. The Hall–Kier alpha value is -3.85. The Bertz CT molecular complexity index is 1100. The highest BCUT2D eigenvalue weighted by Crippen LogP contribution is 2.30. The van der Waals surface area contributed by atoms with Crippen molar-refractivity contribution in [3.63, 3.8) is 0 Å². The lowest BCUT2D eigenvalue weighted by Crippen LogP contribution is -2.47. The predicted octanol–water partition coefficient (Wildman–Crippen LogP) is 5.08. The van der Waals surface area contributed by atoms with Gasteiger partial charge < -0.3 is 15.5 Å². The third-order valence-corrected chi connectivity index (χ3v) is 6.60. The van der Waals surface area contributed by atoms with Gasteiger partial charge in [-0.1, -0.05) is 36.4 Å². The molecule has 7 nitrogen and oxygen atoms in total. The summed E-state index contributed by atoms with van der Waals surface area (Å²) in [5.74, 6) is 1.24. The molecule has 1 aromatic heterocycles. The molecule has 2 heterocycles. The summed E-state index contributed by atoms with van der Waals surface area (Å²) in [5.41, 5.74) is 2.08. The third kappa shape index (κ3) is 7.58. The summed E-state index contributed by atoms with van der Waals surface area (Å²) in [5, 5.41) is 6.29. The molecule has 0 bridgehead atoms. The van der Waals surface area contributed by atoms with Crippen molar-refractivity contribution < 1.29 is 8.78 Å². The van der Waals surface area contributed by atoms with Gasteiger partial charge in [0.25, 0.3) is 0 Å². The van der Waals surface area contributed by atoms with E-state index in [1.165, 1.54) is 24.3 Å². The standard InChI is InChI=1S/C29H35F2N7/c1-3-15-32-27-34-28(33-16-4-2)36-29(35-27)38-20-18-37(19-21-38)17-5-6-26(22-7-11-24(30)12-8-22)23-9-13-25(31)14-10-23/h3-4,7-14,26H,1-2,5-6,15-21H2,(H2,32,33,34,35,36). The number of nitrogens with zero attached hydrogens (tertiary/aromatic N) is 5. The molecule has 4 rings (SSSR count). The van der Waals surface area contributed by atoms with Crippen LogP contribution in [0.4, 0.5) is 26.6 Å². The second-order valence-electron chi connectivity index (χ2n) is 9.25. The van der Waals surface area contributed by atoms with Crippen LogP contribution in [0.3, 0.4) is 0 Å². The lowest BCUT2D eigenvalue weighted by Gasteiger charge is -2.35. The van der Waals surface area contributed by atoms with Gasteiger partial charge >= 0.3 is 0 Å². The zero-order valence-corrected chi connectivity index (χ0v) is 21.6. The molecular formula is C29H35F2N7. The van der Waals surface area contributed by atoms with Crippen LogP contribution in [-0.4, -0.2) is 65.7 Å². The van der Waals surface area contributed by atoms with Crippen LogP contribution in [0.5, 0.6) is 0 Å². The maximum absolute atomic E-state index is 13.5. The van der Waals surface area contributed by atoms with E-state index in [9.17, 15) is 8.78 Å². The average molecular weight is 520 g/mol. The fourth-order valence-electron chi connectivity index (χ4n) is 4.60. The van der Waals surface area contributed by atoms with Gasteiger partial charge in [-0.3, -0.25) is 4.90 Å².